The third kappa shape index (κ3) is 4.21. The number of ether oxygens (including phenoxy) is 1. The summed E-state index contributed by atoms with van der Waals surface area (Å²) in [5.41, 5.74) is 1.13. The van der Waals surface area contributed by atoms with Crippen molar-refractivity contribution in [3.8, 4) is 5.75 Å². The van der Waals surface area contributed by atoms with Gasteiger partial charge in [0.2, 0.25) is 5.91 Å². The summed E-state index contributed by atoms with van der Waals surface area (Å²) in [6.07, 6.45) is 0.761. The zero-order valence-corrected chi connectivity index (χ0v) is 15.3. The van der Waals surface area contributed by atoms with Crippen molar-refractivity contribution in [2.24, 2.45) is 5.10 Å². The van der Waals surface area contributed by atoms with Crippen LogP contribution in [0.1, 0.15) is 24.8 Å². The maximum Gasteiger partial charge on any atom is 0.267 e. The summed E-state index contributed by atoms with van der Waals surface area (Å²) in [5, 5.41) is 8.13. The lowest BCUT2D eigenvalue weighted by molar-refractivity contribution is -0.133. The topological polar surface area (TPSA) is 105 Å². The molecule has 0 aromatic heterocycles. The van der Waals surface area contributed by atoms with Crippen LogP contribution in [0, 0.1) is 0 Å². The van der Waals surface area contributed by atoms with Gasteiger partial charge in [-0.05, 0) is 24.1 Å². The smallest absolute Gasteiger partial charge is 0.267 e. The van der Waals surface area contributed by atoms with Gasteiger partial charge in [0.1, 0.15) is 11.5 Å². The monoisotopic (exact) mass is 379 g/mol. The maximum atomic E-state index is 12.4. The van der Waals surface area contributed by atoms with Crippen LogP contribution in [0.2, 0.25) is 0 Å². The first-order valence-electron chi connectivity index (χ1n) is 8.39. The van der Waals surface area contributed by atoms with Crippen molar-refractivity contribution in [1.29, 1.82) is 0 Å². The van der Waals surface area contributed by atoms with Crippen LogP contribution in [0.25, 0.3) is 0 Å². The summed E-state index contributed by atoms with van der Waals surface area (Å²) in [6.45, 7) is 0.306. The highest BCUT2D eigenvalue weighted by Gasteiger charge is 2.37. The number of sulfone groups is 1. The number of nitrogens with zero attached hydrogens (tertiary/aromatic N) is 2. The van der Waals surface area contributed by atoms with Crippen molar-refractivity contribution < 1.29 is 22.7 Å². The number of rotatable bonds is 5. The van der Waals surface area contributed by atoms with Crippen molar-refractivity contribution in [3.63, 3.8) is 0 Å². The molecular weight excluding hydrogens is 358 g/mol. The molecule has 2 aliphatic heterocycles. The zero-order chi connectivity index (χ0) is 18.7. The molecule has 8 nitrogen and oxygen atoms in total. The van der Waals surface area contributed by atoms with E-state index in [2.05, 4.69) is 10.4 Å². The van der Waals surface area contributed by atoms with Gasteiger partial charge >= 0.3 is 0 Å². The number of carbonyl (C=O) groups is 2. The standard InChI is InChI=1S/C17H21N3O5S/c1-25-14-4-2-3-12(9-14)10-18-17(22)15-5-6-16(21)20(19-15)13-7-8-26(23,24)11-13/h2-4,9,13H,5-8,10-11H2,1H3,(H,18,22)/t13-/m1/s1. The molecule has 1 aromatic rings. The number of methoxy groups -OCH3 is 1. The highest BCUT2D eigenvalue weighted by molar-refractivity contribution is 7.91. The predicted octanol–water partition coefficient (Wildman–Crippen LogP) is 0.477. The molecule has 0 spiro atoms. The van der Waals surface area contributed by atoms with E-state index < -0.39 is 15.9 Å². The van der Waals surface area contributed by atoms with E-state index in [1.54, 1.807) is 7.11 Å². The normalized spacial score (nSPS) is 22.0. The maximum absolute atomic E-state index is 12.4. The van der Waals surface area contributed by atoms with E-state index in [0.29, 0.717) is 18.7 Å². The second kappa shape index (κ2) is 7.45. The number of amides is 2. The first-order valence-corrected chi connectivity index (χ1v) is 10.2. The molecule has 0 unspecified atom stereocenters. The Kier molecular flexibility index (Phi) is 5.26. The second-order valence-electron chi connectivity index (χ2n) is 6.38. The largest absolute Gasteiger partial charge is 0.497 e. The third-order valence-corrected chi connectivity index (χ3v) is 6.21. The van der Waals surface area contributed by atoms with Gasteiger partial charge in [0.25, 0.3) is 5.91 Å². The SMILES string of the molecule is COc1cccc(CNC(=O)C2=NN([C@@H]3CCS(=O)(=O)C3)C(=O)CC2)c1. The van der Waals surface area contributed by atoms with Crippen molar-refractivity contribution in [1.82, 2.24) is 10.3 Å². The molecule has 1 aromatic carbocycles. The van der Waals surface area contributed by atoms with E-state index in [1.807, 2.05) is 24.3 Å². The summed E-state index contributed by atoms with van der Waals surface area (Å²) in [6, 6.07) is 6.86. The molecule has 9 heteroatoms. The molecule has 3 rings (SSSR count). The Hall–Kier alpha value is -2.42. The number of benzene rings is 1. The number of carbonyl (C=O) groups excluding carboxylic acids is 2. The van der Waals surface area contributed by atoms with E-state index >= 15 is 0 Å². The Bertz CT molecular complexity index is 850. The van der Waals surface area contributed by atoms with Crippen LogP contribution in [0.3, 0.4) is 0 Å². The predicted molar refractivity (Wildman–Crippen MR) is 95.4 cm³/mol. The first-order chi connectivity index (χ1) is 12.4. The molecule has 1 atom stereocenters. The first kappa shape index (κ1) is 18.4. The second-order valence-corrected chi connectivity index (χ2v) is 8.60. The molecule has 1 fully saturated rings. The molecule has 0 saturated carbocycles. The molecular formula is C17H21N3O5S. The summed E-state index contributed by atoms with van der Waals surface area (Å²) in [5.74, 6) is 0.0588. The third-order valence-electron chi connectivity index (χ3n) is 4.46. The average Bonchev–Trinajstić information content (AvgIpc) is 3.00. The molecule has 26 heavy (non-hydrogen) atoms. The van der Waals surface area contributed by atoms with Crippen LogP contribution in [-0.4, -0.2) is 55.6 Å². The lowest BCUT2D eigenvalue weighted by Crippen LogP contribution is -2.43. The Morgan fingerprint density at radius 3 is 2.88 bits per heavy atom. The fraction of sp³-hybridized carbons (Fsp3) is 0.471. The molecule has 1 saturated heterocycles. The summed E-state index contributed by atoms with van der Waals surface area (Å²) in [4.78, 5) is 24.5. The molecule has 0 radical (unpaired) electrons. The van der Waals surface area contributed by atoms with Crippen LogP contribution in [0.5, 0.6) is 5.75 Å². The Morgan fingerprint density at radius 1 is 1.38 bits per heavy atom. The van der Waals surface area contributed by atoms with Crippen molar-refractivity contribution in [2.45, 2.75) is 31.8 Å². The highest BCUT2D eigenvalue weighted by atomic mass is 32.2. The lowest BCUT2D eigenvalue weighted by Gasteiger charge is -2.27. The van der Waals surface area contributed by atoms with Gasteiger partial charge in [-0.25, -0.2) is 13.4 Å². The number of nitrogens with one attached hydrogen (secondary N) is 1. The van der Waals surface area contributed by atoms with Gasteiger partial charge in [-0.3, -0.25) is 9.59 Å². The van der Waals surface area contributed by atoms with Gasteiger partial charge in [0.15, 0.2) is 9.84 Å². The quantitative estimate of drug-likeness (QED) is 0.801. The lowest BCUT2D eigenvalue weighted by atomic mass is 10.1. The van der Waals surface area contributed by atoms with E-state index in [9.17, 15) is 18.0 Å². The van der Waals surface area contributed by atoms with E-state index in [0.717, 1.165) is 5.56 Å². The Morgan fingerprint density at radius 2 is 2.19 bits per heavy atom. The van der Waals surface area contributed by atoms with Crippen LogP contribution in [0.15, 0.2) is 29.4 Å². The van der Waals surface area contributed by atoms with Crippen molar-refractivity contribution >= 4 is 27.4 Å². The van der Waals surface area contributed by atoms with Gasteiger partial charge < -0.3 is 10.1 Å². The van der Waals surface area contributed by atoms with Gasteiger partial charge in [-0.1, -0.05) is 12.1 Å². The number of hydrazone groups is 1. The number of hydrogen-bond acceptors (Lipinski definition) is 6. The minimum Gasteiger partial charge on any atom is -0.497 e. The van der Waals surface area contributed by atoms with Gasteiger partial charge in [-0.15, -0.1) is 0 Å². The summed E-state index contributed by atoms with van der Waals surface area (Å²) < 4.78 is 28.4. The minimum atomic E-state index is -3.13. The molecule has 2 amide bonds. The van der Waals surface area contributed by atoms with Crippen LogP contribution >= 0.6 is 0 Å². The zero-order valence-electron chi connectivity index (χ0n) is 14.5. The van der Waals surface area contributed by atoms with Crippen LogP contribution in [-0.2, 0) is 26.0 Å². The Balaban J connectivity index is 1.66. The molecule has 2 heterocycles. The molecule has 2 aliphatic rings. The van der Waals surface area contributed by atoms with E-state index in [-0.39, 0.29) is 41.9 Å². The van der Waals surface area contributed by atoms with Crippen LogP contribution < -0.4 is 10.1 Å². The average molecular weight is 379 g/mol. The Labute approximate surface area is 152 Å². The molecule has 0 bridgehead atoms. The van der Waals surface area contributed by atoms with Gasteiger partial charge in [-0.2, -0.15) is 5.10 Å². The minimum absolute atomic E-state index is 0.0499. The van der Waals surface area contributed by atoms with Crippen molar-refractivity contribution in [3.05, 3.63) is 29.8 Å². The number of hydrogen-bond donors (Lipinski definition) is 1. The van der Waals surface area contributed by atoms with Crippen molar-refractivity contribution in [2.75, 3.05) is 18.6 Å². The van der Waals surface area contributed by atoms with E-state index in [1.165, 1.54) is 5.01 Å². The van der Waals surface area contributed by atoms with E-state index in [4.69, 9.17) is 4.74 Å². The summed E-state index contributed by atoms with van der Waals surface area (Å²) in [7, 11) is -1.56. The van der Waals surface area contributed by atoms with Crippen LogP contribution in [0.4, 0.5) is 0 Å². The fourth-order valence-electron chi connectivity index (χ4n) is 3.05. The van der Waals surface area contributed by atoms with Gasteiger partial charge in [0, 0.05) is 19.4 Å². The van der Waals surface area contributed by atoms with Gasteiger partial charge in [0.05, 0.1) is 24.7 Å². The molecule has 0 aliphatic carbocycles. The fourth-order valence-corrected chi connectivity index (χ4v) is 4.75. The molecule has 1 N–H and O–H groups in total. The summed E-state index contributed by atoms with van der Waals surface area (Å²) >= 11 is 0. The highest BCUT2D eigenvalue weighted by Crippen LogP contribution is 2.22. The molecule has 140 valence electrons.